The first-order chi connectivity index (χ1) is 13.8. The number of carboxylic acid groups (broad SMARTS) is 1. The molecule has 1 aromatic heterocycles. The summed E-state index contributed by atoms with van der Waals surface area (Å²) >= 11 is 0. The van der Waals surface area contributed by atoms with E-state index in [-0.39, 0.29) is 41.0 Å². The fourth-order valence-electron chi connectivity index (χ4n) is 4.70. The zero-order valence-corrected chi connectivity index (χ0v) is 16.8. The van der Waals surface area contributed by atoms with E-state index in [1.165, 1.54) is 0 Å². The third kappa shape index (κ3) is 3.35. The van der Waals surface area contributed by atoms with Gasteiger partial charge in [0.05, 0.1) is 17.1 Å². The summed E-state index contributed by atoms with van der Waals surface area (Å²) in [6.45, 7) is 3.84. The van der Waals surface area contributed by atoms with Crippen molar-refractivity contribution in [1.82, 2.24) is 14.8 Å². The average Bonchev–Trinajstić information content (AvgIpc) is 2.99. The van der Waals surface area contributed by atoms with Crippen molar-refractivity contribution in [2.24, 2.45) is 5.73 Å². The molecule has 0 radical (unpaired) electrons. The monoisotopic (exact) mass is 402 g/mol. The molecule has 156 valence electrons. The van der Waals surface area contributed by atoms with Crippen molar-refractivity contribution < 1.29 is 14.3 Å². The molecule has 1 unspecified atom stereocenters. The Kier molecular flexibility index (Phi) is 4.98. The highest BCUT2D eigenvalue weighted by Gasteiger charge is 2.33. The maximum Gasteiger partial charge on any atom is 0.341 e. The Hall–Kier alpha value is -2.61. The number of allylic oxidation sites excluding steroid dienone is 2. The van der Waals surface area contributed by atoms with E-state index < -0.39 is 17.2 Å². The molecular weight excluding hydrogens is 375 g/mol. The lowest BCUT2D eigenvalue weighted by molar-refractivity contribution is 0.0693. The maximum absolute atomic E-state index is 15.1. The van der Waals surface area contributed by atoms with Crippen LogP contribution < -0.4 is 16.5 Å². The molecule has 1 aromatic rings. The molecule has 7 nitrogen and oxygen atoms in total. The third-order valence-corrected chi connectivity index (χ3v) is 6.35. The molecule has 1 aliphatic carbocycles. The summed E-state index contributed by atoms with van der Waals surface area (Å²) in [6, 6.07) is 0.152. The molecule has 1 saturated heterocycles. The molecule has 4 rings (SSSR count). The lowest BCUT2D eigenvalue weighted by Gasteiger charge is -2.30. The summed E-state index contributed by atoms with van der Waals surface area (Å²) in [5.74, 6) is -1.80. The standard InChI is InChI=1S/C21H27FN4O3/c1-11-3-4-16-18(21(28)29)20(27)13-9-14(23)19(22)15(10-17(13)26(11)16)24-12-5-7-25(2)8-6-12/h10-12,24H,3-9,23H2,1-2H3,(H,28,29). The molecule has 1 fully saturated rings. The minimum absolute atomic E-state index is 0.0284. The van der Waals surface area contributed by atoms with Crippen LogP contribution in [0.25, 0.3) is 6.08 Å². The van der Waals surface area contributed by atoms with Crippen LogP contribution in [0.4, 0.5) is 4.39 Å². The van der Waals surface area contributed by atoms with Gasteiger partial charge in [-0.15, -0.1) is 0 Å². The highest BCUT2D eigenvalue weighted by molar-refractivity contribution is 5.89. The normalized spacial score (nSPS) is 22.7. The molecule has 8 heteroatoms. The molecular formula is C21H27FN4O3. The predicted octanol–water partition coefficient (Wildman–Crippen LogP) is 1.77. The van der Waals surface area contributed by atoms with E-state index in [1.807, 2.05) is 11.5 Å². The van der Waals surface area contributed by atoms with Gasteiger partial charge in [-0.2, -0.15) is 0 Å². The molecule has 0 aromatic carbocycles. The van der Waals surface area contributed by atoms with Crippen LogP contribution in [0.3, 0.4) is 0 Å². The number of halogens is 1. The van der Waals surface area contributed by atoms with Crippen molar-refractivity contribution in [3.05, 3.63) is 50.0 Å². The van der Waals surface area contributed by atoms with Crippen LogP contribution in [-0.4, -0.2) is 46.7 Å². The fraction of sp³-hybridized carbons (Fsp3) is 0.524. The first kappa shape index (κ1) is 19.7. The van der Waals surface area contributed by atoms with Crippen molar-refractivity contribution in [3.63, 3.8) is 0 Å². The van der Waals surface area contributed by atoms with E-state index in [2.05, 4.69) is 17.3 Å². The van der Waals surface area contributed by atoms with Gasteiger partial charge < -0.3 is 25.6 Å². The van der Waals surface area contributed by atoms with Crippen LogP contribution in [0.15, 0.2) is 22.0 Å². The number of piperidine rings is 1. The number of fused-ring (bicyclic) bond motifs is 3. The first-order valence-electron chi connectivity index (χ1n) is 10.1. The number of pyridine rings is 1. The van der Waals surface area contributed by atoms with Crippen molar-refractivity contribution in [3.8, 4) is 0 Å². The lowest BCUT2D eigenvalue weighted by atomic mass is 10.0. The van der Waals surface area contributed by atoms with Gasteiger partial charge in [-0.3, -0.25) is 4.79 Å². The number of rotatable bonds is 3. The van der Waals surface area contributed by atoms with Gasteiger partial charge in [0.15, 0.2) is 5.83 Å². The SMILES string of the molecule is CC1CCc2c(C(=O)O)c(=O)c3c(n21)C=C(NC1CCN(C)CC1)C(F)=C(N)C3. The van der Waals surface area contributed by atoms with Gasteiger partial charge in [0.25, 0.3) is 0 Å². The zero-order valence-electron chi connectivity index (χ0n) is 16.8. The summed E-state index contributed by atoms with van der Waals surface area (Å²) in [5, 5.41) is 12.9. The van der Waals surface area contributed by atoms with Gasteiger partial charge in [-0.25, -0.2) is 9.18 Å². The van der Waals surface area contributed by atoms with Crippen LogP contribution in [0, 0.1) is 0 Å². The quantitative estimate of drug-likeness (QED) is 0.713. The lowest BCUT2D eigenvalue weighted by Crippen LogP contribution is -2.40. The highest BCUT2D eigenvalue weighted by atomic mass is 19.1. The molecule has 0 saturated carbocycles. The summed E-state index contributed by atoms with van der Waals surface area (Å²) in [4.78, 5) is 27.0. The van der Waals surface area contributed by atoms with E-state index in [9.17, 15) is 14.7 Å². The molecule has 29 heavy (non-hydrogen) atoms. The van der Waals surface area contributed by atoms with Crippen LogP contribution in [0.1, 0.15) is 59.5 Å². The first-order valence-corrected chi connectivity index (χ1v) is 10.1. The van der Waals surface area contributed by atoms with E-state index in [1.54, 1.807) is 6.08 Å². The summed E-state index contributed by atoms with van der Waals surface area (Å²) in [6.07, 6.45) is 4.60. The highest BCUT2D eigenvalue weighted by Crippen LogP contribution is 2.34. The van der Waals surface area contributed by atoms with Crippen molar-refractivity contribution in [1.29, 1.82) is 0 Å². The van der Waals surface area contributed by atoms with Crippen molar-refractivity contribution >= 4 is 12.0 Å². The maximum atomic E-state index is 15.1. The van der Waals surface area contributed by atoms with Crippen molar-refractivity contribution in [2.75, 3.05) is 20.1 Å². The van der Waals surface area contributed by atoms with Gasteiger partial charge in [-0.05, 0) is 58.8 Å². The molecule has 3 heterocycles. The third-order valence-electron chi connectivity index (χ3n) is 6.35. The van der Waals surface area contributed by atoms with Crippen molar-refractivity contribution in [2.45, 2.75) is 51.1 Å². The summed E-state index contributed by atoms with van der Waals surface area (Å²) < 4.78 is 17.0. The number of nitrogens with one attached hydrogen (secondary N) is 1. The molecule has 3 aliphatic rings. The summed E-state index contributed by atoms with van der Waals surface area (Å²) in [7, 11) is 2.06. The number of carboxylic acids is 1. The molecule has 1 atom stereocenters. The van der Waals surface area contributed by atoms with Crippen LogP contribution in [0.2, 0.25) is 0 Å². The minimum Gasteiger partial charge on any atom is -0.477 e. The average molecular weight is 402 g/mol. The number of nitrogens with zero attached hydrogens (tertiary/aromatic N) is 2. The Bertz CT molecular complexity index is 987. The Morgan fingerprint density at radius 1 is 1.31 bits per heavy atom. The van der Waals surface area contributed by atoms with E-state index >= 15 is 4.39 Å². The van der Waals surface area contributed by atoms with Gasteiger partial charge in [0.2, 0.25) is 5.43 Å². The molecule has 4 N–H and O–H groups in total. The number of likely N-dealkylation sites (tertiary alicyclic amines) is 1. The topological polar surface area (TPSA) is 101 Å². The molecule has 0 spiro atoms. The van der Waals surface area contributed by atoms with Crippen LogP contribution >= 0.6 is 0 Å². The Morgan fingerprint density at radius 2 is 2.00 bits per heavy atom. The Balaban J connectivity index is 1.85. The second-order valence-corrected chi connectivity index (χ2v) is 8.37. The smallest absolute Gasteiger partial charge is 0.341 e. The van der Waals surface area contributed by atoms with Gasteiger partial charge in [0, 0.05) is 29.8 Å². The van der Waals surface area contributed by atoms with Crippen LogP contribution in [-0.2, 0) is 12.8 Å². The Morgan fingerprint density at radius 3 is 2.66 bits per heavy atom. The van der Waals surface area contributed by atoms with E-state index in [4.69, 9.17) is 5.73 Å². The number of aromatic carboxylic acids is 1. The van der Waals surface area contributed by atoms with Gasteiger partial charge in [0.1, 0.15) is 5.56 Å². The van der Waals surface area contributed by atoms with E-state index in [0.717, 1.165) is 32.4 Å². The minimum atomic E-state index is -1.24. The van der Waals surface area contributed by atoms with Gasteiger partial charge >= 0.3 is 5.97 Å². The fourth-order valence-corrected chi connectivity index (χ4v) is 4.70. The number of nitrogens with two attached hydrogens (primary N) is 1. The number of aromatic nitrogens is 1. The Labute approximate surface area is 168 Å². The second kappa shape index (κ2) is 7.33. The largest absolute Gasteiger partial charge is 0.477 e. The van der Waals surface area contributed by atoms with Crippen LogP contribution in [0.5, 0.6) is 0 Å². The summed E-state index contributed by atoms with van der Waals surface area (Å²) in [5.41, 5.74) is 6.83. The number of hydrogen-bond donors (Lipinski definition) is 3. The van der Waals surface area contributed by atoms with E-state index in [0.29, 0.717) is 17.8 Å². The molecule has 0 bridgehead atoms. The van der Waals surface area contributed by atoms with Gasteiger partial charge in [-0.1, -0.05) is 0 Å². The zero-order chi connectivity index (χ0) is 20.9. The number of hydrogen-bond acceptors (Lipinski definition) is 5. The predicted molar refractivity (Wildman–Crippen MR) is 108 cm³/mol. The second-order valence-electron chi connectivity index (χ2n) is 8.37. The molecule has 2 aliphatic heterocycles. The number of carbonyl (C=O) groups is 1. The molecule has 0 amide bonds.